The first kappa shape index (κ1) is 17.1. The van der Waals surface area contributed by atoms with Crippen molar-refractivity contribution < 1.29 is 14.1 Å². The summed E-state index contributed by atoms with van der Waals surface area (Å²) in [4.78, 5) is 22.6. The van der Waals surface area contributed by atoms with E-state index in [-0.39, 0.29) is 11.5 Å². The van der Waals surface area contributed by atoms with E-state index < -0.39 is 11.0 Å². The Morgan fingerprint density at radius 2 is 1.38 bits per heavy atom. The summed E-state index contributed by atoms with van der Waals surface area (Å²) in [5.74, 6) is -0.387. The lowest BCUT2D eigenvalue weighted by Gasteiger charge is -2.09. The molecule has 26 heavy (non-hydrogen) atoms. The Kier molecular flexibility index (Phi) is 4.89. The number of nitrogens with zero attached hydrogens (tertiary/aromatic N) is 1. The SMILES string of the molecule is O=C(Nc1ccc(F)cc1)Nc1ccc(-c2ccccc2[N+](=O)[O-])cc1. The monoisotopic (exact) mass is 351 g/mol. The number of halogens is 1. The normalized spacial score (nSPS) is 10.2. The molecular weight excluding hydrogens is 337 g/mol. The third-order valence-electron chi connectivity index (χ3n) is 3.66. The molecule has 130 valence electrons. The highest BCUT2D eigenvalue weighted by molar-refractivity contribution is 5.99. The molecule has 0 bridgehead atoms. The average molecular weight is 351 g/mol. The van der Waals surface area contributed by atoms with Crippen LogP contribution in [0.15, 0.2) is 72.8 Å². The van der Waals surface area contributed by atoms with Crippen molar-refractivity contribution in [2.45, 2.75) is 0 Å². The van der Waals surface area contributed by atoms with E-state index in [0.29, 0.717) is 22.5 Å². The number of urea groups is 1. The molecule has 0 unspecified atom stereocenters. The van der Waals surface area contributed by atoms with Crippen LogP contribution in [-0.2, 0) is 0 Å². The molecule has 3 aromatic carbocycles. The Balaban J connectivity index is 1.71. The van der Waals surface area contributed by atoms with Gasteiger partial charge in [0, 0.05) is 17.4 Å². The average Bonchev–Trinajstić information content (AvgIpc) is 2.64. The number of nitrogens with one attached hydrogen (secondary N) is 2. The maximum atomic E-state index is 12.9. The highest BCUT2D eigenvalue weighted by atomic mass is 19.1. The zero-order valence-electron chi connectivity index (χ0n) is 13.5. The first-order chi connectivity index (χ1) is 12.5. The Morgan fingerprint density at radius 1 is 0.846 bits per heavy atom. The van der Waals surface area contributed by atoms with Crippen LogP contribution in [0.25, 0.3) is 11.1 Å². The van der Waals surface area contributed by atoms with E-state index >= 15 is 0 Å². The predicted molar refractivity (Wildman–Crippen MR) is 97.6 cm³/mol. The minimum atomic E-state index is -0.477. The summed E-state index contributed by atoms with van der Waals surface area (Å²) in [6.07, 6.45) is 0. The lowest BCUT2D eigenvalue weighted by Crippen LogP contribution is -2.19. The number of hydrogen-bond acceptors (Lipinski definition) is 3. The molecule has 0 aromatic heterocycles. The number of hydrogen-bond donors (Lipinski definition) is 2. The van der Waals surface area contributed by atoms with E-state index in [1.807, 2.05) is 0 Å². The summed E-state index contributed by atoms with van der Waals surface area (Å²) < 4.78 is 12.9. The number of carbonyl (C=O) groups excluding carboxylic acids is 1. The Bertz CT molecular complexity index is 941. The van der Waals surface area contributed by atoms with Crippen LogP contribution < -0.4 is 10.6 Å². The van der Waals surface area contributed by atoms with Gasteiger partial charge < -0.3 is 10.6 Å². The van der Waals surface area contributed by atoms with Crippen LogP contribution in [0, 0.1) is 15.9 Å². The lowest BCUT2D eigenvalue weighted by atomic mass is 10.0. The molecule has 0 heterocycles. The maximum Gasteiger partial charge on any atom is 0.323 e. The van der Waals surface area contributed by atoms with Crippen molar-refractivity contribution >= 4 is 23.1 Å². The zero-order valence-corrected chi connectivity index (χ0v) is 13.5. The van der Waals surface area contributed by atoms with Gasteiger partial charge in [-0.1, -0.05) is 24.3 Å². The van der Waals surface area contributed by atoms with E-state index in [0.717, 1.165) is 0 Å². The van der Waals surface area contributed by atoms with Crippen LogP contribution in [0.3, 0.4) is 0 Å². The van der Waals surface area contributed by atoms with Crippen LogP contribution in [0.1, 0.15) is 0 Å². The number of anilines is 2. The number of para-hydroxylation sites is 1. The molecule has 0 aliphatic carbocycles. The molecule has 0 atom stereocenters. The summed E-state index contributed by atoms with van der Waals surface area (Å²) in [5, 5.41) is 16.3. The van der Waals surface area contributed by atoms with Gasteiger partial charge in [-0.05, 0) is 48.0 Å². The fourth-order valence-corrected chi connectivity index (χ4v) is 2.44. The molecule has 2 amide bonds. The van der Waals surface area contributed by atoms with Gasteiger partial charge >= 0.3 is 6.03 Å². The summed E-state index contributed by atoms with van der Waals surface area (Å²) in [7, 11) is 0. The third kappa shape index (κ3) is 4.02. The largest absolute Gasteiger partial charge is 0.323 e. The number of rotatable bonds is 4. The minimum Gasteiger partial charge on any atom is -0.308 e. The molecule has 0 aliphatic heterocycles. The van der Waals surface area contributed by atoms with Gasteiger partial charge in [-0.25, -0.2) is 9.18 Å². The number of nitro benzene ring substituents is 1. The van der Waals surface area contributed by atoms with Crippen LogP contribution in [-0.4, -0.2) is 11.0 Å². The van der Waals surface area contributed by atoms with Crippen molar-refractivity contribution in [3.05, 3.63) is 88.7 Å². The number of nitro groups is 1. The fourth-order valence-electron chi connectivity index (χ4n) is 2.44. The van der Waals surface area contributed by atoms with E-state index in [1.165, 1.54) is 30.3 Å². The molecule has 0 radical (unpaired) electrons. The molecule has 3 aromatic rings. The van der Waals surface area contributed by atoms with E-state index in [1.54, 1.807) is 42.5 Å². The van der Waals surface area contributed by atoms with Crippen molar-refractivity contribution in [3.8, 4) is 11.1 Å². The van der Waals surface area contributed by atoms with Gasteiger partial charge in [-0.15, -0.1) is 0 Å². The molecule has 0 saturated heterocycles. The van der Waals surface area contributed by atoms with Crippen LogP contribution in [0.5, 0.6) is 0 Å². The third-order valence-corrected chi connectivity index (χ3v) is 3.66. The quantitative estimate of drug-likeness (QED) is 0.510. The summed E-state index contributed by atoms with van der Waals surface area (Å²) >= 11 is 0. The van der Waals surface area contributed by atoms with Crippen molar-refractivity contribution in [3.63, 3.8) is 0 Å². The summed E-state index contributed by atoms with van der Waals surface area (Å²) in [6.45, 7) is 0. The van der Waals surface area contributed by atoms with E-state index in [9.17, 15) is 19.3 Å². The van der Waals surface area contributed by atoms with Gasteiger partial charge in [-0.2, -0.15) is 0 Å². The first-order valence-electron chi connectivity index (χ1n) is 7.70. The topological polar surface area (TPSA) is 84.3 Å². The van der Waals surface area contributed by atoms with Gasteiger partial charge in [0.1, 0.15) is 5.82 Å². The lowest BCUT2D eigenvalue weighted by molar-refractivity contribution is -0.384. The van der Waals surface area contributed by atoms with Crippen LogP contribution in [0.4, 0.5) is 26.2 Å². The minimum absolute atomic E-state index is 0.0160. The van der Waals surface area contributed by atoms with E-state index in [4.69, 9.17) is 0 Å². The van der Waals surface area contributed by atoms with E-state index in [2.05, 4.69) is 10.6 Å². The second kappa shape index (κ2) is 7.43. The van der Waals surface area contributed by atoms with Crippen molar-refractivity contribution in [2.24, 2.45) is 0 Å². The molecule has 3 rings (SSSR count). The molecule has 0 saturated carbocycles. The Morgan fingerprint density at radius 3 is 1.96 bits per heavy atom. The molecule has 0 fully saturated rings. The van der Waals surface area contributed by atoms with Crippen LogP contribution >= 0.6 is 0 Å². The highest BCUT2D eigenvalue weighted by Crippen LogP contribution is 2.30. The second-order valence-corrected chi connectivity index (χ2v) is 5.44. The summed E-state index contributed by atoms with van der Waals surface area (Å²) in [5.41, 5.74) is 2.16. The van der Waals surface area contributed by atoms with Crippen molar-refractivity contribution in [2.75, 3.05) is 10.6 Å². The molecule has 0 aliphatic rings. The molecule has 6 nitrogen and oxygen atoms in total. The molecular formula is C19H14FN3O3. The Hall–Kier alpha value is -3.74. The molecule has 7 heteroatoms. The highest BCUT2D eigenvalue weighted by Gasteiger charge is 2.14. The number of amides is 2. The van der Waals surface area contributed by atoms with Crippen LogP contribution in [0.2, 0.25) is 0 Å². The van der Waals surface area contributed by atoms with Crippen molar-refractivity contribution in [1.29, 1.82) is 0 Å². The van der Waals surface area contributed by atoms with Gasteiger partial charge in [0.05, 0.1) is 10.5 Å². The van der Waals surface area contributed by atoms with Gasteiger partial charge in [0.25, 0.3) is 5.69 Å². The molecule has 0 spiro atoms. The zero-order chi connectivity index (χ0) is 18.5. The van der Waals surface area contributed by atoms with Crippen molar-refractivity contribution in [1.82, 2.24) is 0 Å². The Labute approximate surface area is 148 Å². The number of carbonyl (C=O) groups is 1. The van der Waals surface area contributed by atoms with Gasteiger partial charge in [0.15, 0.2) is 0 Å². The summed E-state index contributed by atoms with van der Waals surface area (Å²) in [6, 6.07) is 18.0. The first-order valence-corrected chi connectivity index (χ1v) is 7.70. The molecule has 2 N–H and O–H groups in total. The maximum absolute atomic E-state index is 12.9. The smallest absolute Gasteiger partial charge is 0.308 e. The number of benzene rings is 3. The standard InChI is InChI=1S/C19H14FN3O3/c20-14-7-11-16(12-8-14)22-19(24)21-15-9-5-13(6-10-15)17-3-1-2-4-18(17)23(25)26/h1-12H,(H2,21,22,24). The van der Waals surface area contributed by atoms with Gasteiger partial charge in [0.2, 0.25) is 0 Å². The van der Waals surface area contributed by atoms with Gasteiger partial charge in [-0.3, -0.25) is 10.1 Å². The second-order valence-electron chi connectivity index (χ2n) is 5.44. The predicted octanol–water partition coefficient (Wildman–Crippen LogP) is 5.04. The fraction of sp³-hybridized carbons (Fsp3) is 0.